The quantitative estimate of drug-likeness (QED) is 0.532. The molecule has 1 atom stereocenters. The van der Waals surface area contributed by atoms with E-state index in [1.807, 2.05) is 10.6 Å². The zero-order valence-electron chi connectivity index (χ0n) is 16.6. The Hall–Kier alpha value is -3.88. The van der Waals surface area contributed by atoms with Gasteiger partial charge < -0.3 is 15.5 Å². The first-order chi connectivity index (χ1) is 14.9. The fourth-order valence-corrected chi connectivity index (χ4v) is 4.29. The van der Waals surface area contributed by atoms with E-state index in [0.717, 1.165) is 24.2 Å². The van der Waals surface area contributed by atoms with Crippen LogP contribution in [0.15, 0.2) is 42.9 Å². The molecule has 0 spiro atoms. The molecule has 1 aromatic carbocycles. The first-order valence-electron chi connectivity index (χ1n) is 10.0. The number of benzene rings is 1. The van der Waals surface area contributed by atoms with E-state index in [4.69, 9.17) is 10.7 Å². The van der Waals surface area contributed by atoms with Crippen molar-refractivity contribution in [2.45, 2.75) is 31.1 Å². The Kier molecular flexibility index (Phi) is 3.51. The number of aromatic nitrogens is 5. The monoisotopic (exact) mass is 415 g/mol. The molecule has 2 aliphatic rings. The van der Waals surface area contributed by atoms with Gasteiger partial charge >= 0.3 is 0 Å². The molecule has 1 amide bonds. The van der Waals surface area contributed by atoms with Crippen LogP contribution in [0.25, 0.3) is 17.2 Å². The van der Waals surface area contributed by atoms with Crippen LogP contribution in [0.1, 0.15) is 42.5 Å². The smallest absolute Gasteiger partial charge is 0.240 e. The van der Waals surface area contributed by atoms with Gasteiger partial charge in [-0.2, -0.15) is 0 Å². The van der Waals surface area contributed by atoms with Gasteiger partial charge in [-0.15, -0.1) is 0 Å². The minimum atomic E-state index is -1.19. The van der Waals surface area contributed by atoms with E-state index in [0.29, 0.717) is 34.4 Å². The van der Waals surface area contributed by atoms with Gasteiger partial charge in [0.2, 0.25) is 5.91 Å². The summed E-state index contributed by atoms with van der Waals surface area (Å²) in [6.45, 7) is 1.70. The number of hydrogen-bond acceptors (Lipinski definition) is 6. The minimum absolute atomic E-state index is 0.158. The first-order valence-corrected chi connectivity index (χ1v) is 10.0. The Labute approximate surface area is 176 Å². The summed E-state index contributed by atoms with van der Waals surface area (Å²) in [5, 5.41) is 2.80. The number of halogens is 1. The number of nitrogens with two attached hydrogens (primary N) is 1. The number of fused-ring (bicyclic) bond motifs is 2. The van der Waals surface area contributed by atoms with Crippen LogP contribution >= 0.6 is 0 Å². The van der Waals surface area contributed by atoms with Gasteiger partial charge in [0, 0.05) is 24.5 Å². The zero-order valence-corrected chi connectivity index (χ0v) is 16.6. The number of imidazole rings is 1. The standard InChI is InChI=1S/C22H18FN7O/c1-22(12-3-2-4-13(23)9-12)15-17(24)27-18(28-19(15)29-21(22)31)14-10-30-8-7-25-20(30)16(26-14)11-5-6-11/h2-4,7-11H,5-6H2,1H3,(H3,24,27,28,29,31). The van der Waals surface area contributed by atoms with Crippen molar-refractivity contribution in [2.24, 2.45) is 0 Å². The third-order valence-corrected chi connectivity index (χ3v) is 6.12. The molecular formula is C22H18FN7O. The third kappa shape index (κ3) is 2.56. The zero-order chi connectivity index (χ0) is 21.3. The molecule has 3 aromatic heterocycles. The van der Waals surface area contributed by atoms with Crippen LogP contribution in [-0.4, -0.2) is 30.2 Å². The van der Waals surface area contributed by atoms with E-state index in [2.05, 4.69) is 20.3 Å². The van der Waals surface area contributed by atoms with Gasteiger partial charge in [-0.25, -0.2) is 24.3 Å². The Balaban J connectivity index is 1.52. The molecule has 0 saturated heterocycles. The van der Waals surface area contributed by atoms with E-state index < -0.39 is 11.2 Å². The van der Waals surface area contributed by atoms with Crippen LogP contribution in [-0.2, 0) is 10.2 Å². The van der Waals surface area contributed by atoms with Crippen molar-refractivity contribution < 1.29 is 9.18 Å². The van der Waals surface area contributed by atoms with Crippen LogP contribution < -0.4 is 11.1 Å². The number of anilines is 2. The molecule has 1 saturated carbocycles. The highest BCUT2D eigenvalue weighted by Gasteiger charge is 2.47. The van der Waals surface area contributed by atoms with Gasteiger partial charge in [0.15, 0.2) is 11.5 Å². The van der Waals surface area contributed by atoms with Crippen LogP contribution in [0.3, 0.4) is 0 Å². The molecule has 3 N–H and O–H groups in total. The Morgan fingerprint density at radius 2 is 2.10 bits per heavy atom. The average molecular weight is 415 g/mol. The SMILES string of the molecule is CC1(c2cccc(F)c2)C(=O)Nc2nc(-c3cn4ccnc4c(C4CC4)n3)nc(N)c21. The summed E-state index contributed by atoms with van der Waals surface area (Å²) in [7, 11) is 0. The summed E-state index contributed by atoms with van der Waals surface area (Å²) >= 11 is 0. The number of rotatable bonds is 3. The lowest BCUT2D eigenvalue weighted by molar-refractivity contribution is -0.119. The predicted molar refractivity (Wildman–Crippen MR) is 112 cm³/mol. The lowest BCUT2D eigenvalue weighted by Crippen LogP contribution is -2.33. The molecule has 1 unspecified atom stereocenters. The number of hydrogen-bond donors (Lipinski definition) is 2. The van der Waals surface area contributed by atoms with Crippen molar-refractivity contribution >= 4 is 23.2 Å². The Morgan fingerprint density at radius 3 is 2.87 bits per heavy atom. The molecule has 154 valence electrons. The maximum atomic E-state index is 13.9. The molecular weight excluding hydrogens is 397 g/mol. The van der Waals surface area contributed by atoms with Crippen molar-refractivity contribution in [1.82, 2.24) is 24.3 Å². The topological polar surface area (TPSA) is 111 Å². The molecule has 0 bridgehead atoms. The number of carbonyl (C=O) groups is 1. The molecule has 8 nitrogen and oxygen atoms in total. The summed E-state index contributed by atoms with van der Waals surface area (Å²) < 4.78 is 15.8. The molecule has 4 aromatic rings. The van der Waals surface area contributed by atoms with Gasteiger partial charge in [0.05, 0.1) is 11.3 Å². The van der Waals surface area contributed by atoms with Crippen LogP contribution in [0.2, 0.25) is 0 Å². The van der Waals surface area contributed by atoms with E-state index in [9.17, 15) is 9.18 Å². The van der Waals surface area contributed by atoms with Crippen LogP contribution in [0.5, 0.6) is 0 Å². The van der Waals surface area contributed by atoms with Crippen LogP contribution in [0, 0.1) is 5.82 Å². The highest BCUT2D eigenvalue weighted by atomic mass is 19.1. The van der Waals surface area contributed by atoms with Crippen molar-refractivity contribution in [3.05, 3.63) is 65.5 Å². The molecule has 6 rings (SSSR count). The van der Waals surface area contributed by atoms with Gasteiger partial charge in [0.1, 0.15) is 28.6 Å². The van der Waals surface area contributed by atoms with Crippen LogP contribution in [0.4, 0.5) is 16.0 Å². The Bertz CT molecular complexity index is 1390. The van der Waals surface area contributed by atoms with Gasteiger partial charge in [-0.05, 0) is 37.5 Å². The summed E-state index contributed by atoms with van der Waals surface area (Å²) in [5.41, 5.74) is 8.37. The van der Waals surface area contributed by atoms with Crippen molar-refractivity contribution in [1.29, 1.82) is 0 Å². The second-order valence-corrected chi connectivity index (χ2v) is 8.19. The highest BCUT2D eigenvalue weighted by molar-refractivity contribution is 6.09. The minimum Gasteiger partial charge on any atom is -0.383 e. The number of nitrogen functional groups attached to an aromatic ring is 1. The van der Waals surface area contributed by atoms with E-state index >= 15 is 0 Å². The van der Waals surface area contributed by atoms with Gasteiger partial charge in [0.25, 0.3) is 0 Å². The summed E-state index contributed by atoms with van der Waals surface area (Å²) in [6, 6.07) is 5.93. The molecule has 0 radical (unpaired) electrons. The number of carbonyl (C=O) groups excluding carboxylic acids is 1. The molecule has 4 heterocycles. The summed E-state index contributed by atoms with van der Waals surface area (Å²) in [5.74, 6) is 0.417. The molecule has 1 aliphatic heterocycles. The molecule has 1 fully saturated rings. The number of nitrogens with one attached hydrogen (secondary N) is 1. The molecule has 1 aliphatic carbocycles. The van der Waals surface area contributed by atoms with Crippen molar-refractivity contribution in [3.8, 4) is 11.5 Å². The van der Waals surface area contributed by atoms with Crippen molar-refractivity contribution in [2.75, 3.05) is 11.1 Å². The third-order valence-electron chi connectivity index (χ3n) is 6.12. The van der Waals surface area contributed by atoms with Gasteiger partial charge in [-0.1, -0.05) is 12.1 Å². The van der Waals surface area contributed by atoms with E-state index in [1.54, 1.807) is 31.5 Å². The largest absolute Gasteiger partial charge is 0.383 e. The van der Waals surface area contributed by atoms with E-state index in [-0.39, 0.29) is 11.7 Å². The lowest BCUT2D eigenvalue weighted by atomic mass is 9.78. The summed E-state index contributed by atoms with van der Waals surface area (Å²) in [6.07, 6.45) is 7.54. The van der Waals surface area contributed by atoms with E-state index in [1.165, 1.54) is 12.1 Å². The average Bonchev–Trinajstić information content (AvgIpc) is 3.41. The first kappa shape index (κ1) is 17.9. The number of nitrogens with zero attached hydrogens (tertiary/aromatic N) is 5. The second kappa shape index (κ2) is 6.07. The molecule has 31 heavy (non-hydrogen) atoms. The highest BCUT2D eigenvalue weighted by Crippen LogP contribution is 2.45. The predicted octanol–water partition coefficient (Wildman–Crippen LogP) is 3.04. The Morgan fingerprint density at radius 1 is 1.26 bits per heavy atom. The maximum Gasteiger partial charge on any atom is 0.240 e. The molecule has 9 heteroatoms. The second-order valence-electron chi connectivity index (χ2n) is 8.19. The summed E-state index contributed by atoms with van der Waals surface area (Å²) in [4.78, 5) is 31.2. The number of amides is 1. The fourth-order valence-electron chi connectivity index (χ4n) is 4.29. The fraction of sp³-hybridized carbons (Fsp3) is 0.227. The normalized spacial score (nSPS) is 20.1. The lowest BCUT2D eigenvalue weighted by Gasteiger charge is -2.23. The van der Waals surface area contributed by atoms with Crippen molar-refractivity contribution in [3.63, 3.8) is 0 Å². The maximum absolute atomic E-state index is 13.9. The van der Waals surface area contributed by atoms with Gasteiger partial charge in [-0.3, -0.25) is 4.79 Å².